The zero-order valence-electron chi connectivity index (χ0n) is 12.0. The van der Waals surface area contributed by atoms with Gasteiger partial charge in [-0.15, -0.1) is 0 Å². The van der Waals surface area contributed by atoms with Gasteiger partial charge in [-0.2, -0.15) is 0 Å². The minimum absolute atomic E-state index is 0.0271. The van der Waals surface area contributed by atoms with E-state index in [1.165, 1.54) is 6.07 Å². The fraction of sp³-hybridized carbons (Fsp3) is 0.125. The van der Waals surface area contributed by atoms with Crippen LogP contribution in [0.15, 0.2) is 36.4 Å². The first kappa shape index (κ1) is 17.4. The number of carbonyl (C=O) groups excluding carboxylic acids is 2. The zero-order chi connectivity index (χ0) is 17.4. The third-order valence-corrected chi connectivity index (χ3v) is 5.05. The lowest BCUT2D eigenvalue weighted by atomic mass is 10.2. The van der Waals surface area contributed by atoms with Gasteiger partial charge in [0.25, 0.3) is 5.91 Å². The third-order valence-electron chi connectivity index (χ3n) is 3.57. The molecule has 124 valence electrons. The molecule has 1 N–H and O–H groups in total. The van der Waals surface area contributed by atoms with Crippen LogP contribution in [0.2, 0.25) is 20.1 Å². The van der Waals surface area contributed by atoms with E-state index in [1.807, 2.05) is 0 Å². The maximum Gasteiger partial charge on any atom is 0.256 e. The fourth-order valence-electron chi connectivity index (χ4n) is 2.43. The molecule has 3 rings (SSSR count). The van der Waals surface area contributed by atoms with Crippen LogP contribution < -0.4 is 10.2 Å². The number of hydrogen-bond donors (Lipinski definition) is 1. The van der Waals surface area contributed by atoms with Crippen molar-refractivity contribution >= 4 is 69.6 Å². The molecule has 1 unspecified atom stereocenters. The number of rotatable bonds is 3. The molecule has 4 nitrogen and oxygen atoms in total. The van der Waals surface area contributed by atoms with Gasteiger partial charge in [0.2, 0.25) is 5.91 Å². The Kier molecular flexibility index (Phi) is 4.92. The number of carbonyl (C=O) groups is 2. The van der Waals surface area contributed by atoms with E-state index < -0.39 is 6.04 Å². The van der Waals surface area contributed by atoms with Gasteiger partial charge in [-0.1, -0.05) is 46.4 Å². The SMILES string of the molecule is O=C1CC(Nc2ccc(Cl)c(Cl)c2)C(=O)N1c1ccc(Cl)c(Cl)c1. The molecule has 0 radical (unpaired) electrons. The van der Waals surface area contributed by atoms with Gasteiger partial charge in [-0.25, -0.2) is 4.90 Å². The van der Waals surface area contributed by atoms with Crippen LogP contribution in [0.1, 0.15) is 6.42 Å². The van der Waals surface area contributed by atoms with E-state index in [1.54, 1.807) is 30.3 Å². The molecular weight excluding hydrogens is 394 g/mol. The number of anilines is 2. The predicted octanol–water partition coefficient (Wildman–Crippen LogP) is 5.04. The van der Waals surface area contributed by atoms with Gasteiger partial charge in [0.15, 0.2) is 0 Å². The minimum atomic E-state index is -0.691. The molecule has 1 aliphatic heterocycles. The first-order chi connectivity index (χ1) is 11.4. The molecule has 24 heavy (non-hydrogen) atoms. The molecule has 2 amide bonds. The first-order valence-electron chi connectivity index (χ1n) is 6.90. The maximum absolute atomic E-state index is 12.6. The van der Waals surface area contributed by atoms with Gasteiger partial charge in [0.05, 0.1) is 32.2 Å². The summed E-state index contributed by atoms with van der Waals surface area (Å²) in [7, 11) is 0. The summed E-state index contributed by atoms with van der Waals surface area (Å²) in [5.74, 6) is -0.694. The van der Waals surface area contributed by atoms with Gasteiger partial charge in [-0.05, 0) is 36.4 Å². The van der Waals surface area contributed by atoms with Crippen LogP contribution in [0.4, 0.5) is 11.4 Å². The molecule has 2 aromatic rings. The summed E-state index contributed by atoms with van der Waals surface area (Å²) in [6, 6.07) is 8.82. The van der Waals surface area contributed by atoms with Gasteiger partial charge in [0, 0.05) is 5.69 Å². The van der Waals surface area contributed by atoms with E-state index in [-0.39, 0.29) is 23.3 Å². The highest BCUT2D eigenvalue weighted by molar-refractivity contribution is 6.42. The normalized spacial score (nSPS) is 17.5. The summed E-state index contributed by atoms with van der Waals surface area (Å²) >= 11 is 23.7. The molecule has 1 fully saturated rings. The molecule has 1 aliphatic rings. The minimum Gasteiger partial charge on any atom is -0.373 e. The Morgan fingerprint density at radius 2 is 1.50 bits per heavy atom. The lowest BCUT2D eigenvalue weighted by molar-refractivity contribution is -0.121. The second-order valence-electron chi connectivity index (χ2n) is 5.20. The van der Waals surface area contributed by atoms with Crippen molar-refractivity contribution in [3.05, 3.63) is 56.5 Å². The van der Waals surface area contributed by atoms with Crippen LogP contribution in [0.5, 0.6) is 0 Å². The standard InChI is InChI=1S/C16H10Cl4N2O2/c17-10-3-1-8(5-12(10)19)21-14-7-15(23)22(16(14)24)9-2-4-11(18)13(20)6-9/h1-6,14,21H,7H2. The Bertz CT molecular complexity index is 841. The molecule has 0 bridgehead atoms. The summed E-state index contributed by atoms with van der Waals surface area (Å²) in [6.07, 6.45) is 0.0271. The summed E-state index contributed by atoms with van der Waals surface area (Å²) in [4.78, 5) is 25.9. The van der Waals surface area contributed by atoms with Crippen LogP contribution >= 0.6 is 46.4 Å². The van der Waals surface area contributed by atoms with E-state index in [4.69, 9.17) is 46.4 Å². The molecule has 2 aromatic carbocycles. The molecule has 0 aliphatic carbocycles. The first-order valence-corrected chi connectivity index (χ1v) is 8.41. The number of amides is 2. The second-order valence-corrected chi connectivity index (χ2v) is 6.82. The quantitative estimate of drug-likeness (QED) is 0.730. The smallest absolute Gasteiger partial charge is 0.256 e. The van der Waals surface area contributed by atoms with E-state index >= 15 is 0 Å². The van der Waals surface area contributed by atoms with E-state index in [0.717, 1.165) is 4.90 Å². The summed E-state index contributed by atoms with van der Waals surface area (Å²) in [6.45, 7) is 0. The zero-order valence-corrected chi connectivity index (χ0v) is 15.0. The molecule has 1 heterocycles. The Morgan fingerprint density at radius 3 is 2.12 bits per heavy atom. The Balaban J connectivity index is 1.83. The highest BCUT2D eigenvalue weighted by atomic mass is 35.5. The van der Waals surface area contributed by atoms with Crippen LogP contribution in [-0.2, 0) is 9.59 Å². The summed E-state index contributed by atoms with van der Waals surface area (Å²) in [5, 5.41) is 4.40. The Labute approximate surface area is 158 Å². The molecule has 0 spiro atoms. The van der Waals surface area contributed by atoms with Crippen molar-refractivity contribution in [2.45, 2.75) is 12.5 Å². The molecular formula is C16H10Cl4N2O2. The van der Waals surface area contributed by atoms with Crippen LogP contribution in [-0.4, -0.2) is 17.9 Å². The van der Waals surface area contributed by atoms with E-state index in [2.05, 4.69) is 5.32 Å². The van der Waals surface area contributed by atoms with Crippen LogP contribution in [0, 0.1) is 0 Å². The number of halogens is 4. The number of benzene rings is 2. The average Bonchev–Trinajstić information content (AvgIpc) is 2.80. The Hall–Kier alpha value is -1.46. The molecule has 0 saturated carbocycles. The number of imide groups is 1. The van der Waals surface area contributed by atoms with E-state index in [0.29, 0.717) is 26.4 Å². The second kappa shape index (κ2) is 6.81. The van der Waals surface area contributed by atoms with Crippen molar-refractivity contribution in [1.82, 2.24) is 0 Å². The highest BCUT2D eigenvalue weighted by Gasteiger charge is 2.39. The van der Waals surface area contributed by atoms with Crippen molar-refractivity contribution in [2.24, 2.45) is 0 Å². The summed E-state index contributed by atoms with van der Waals surface area (Å²) in [5.41, 5.74) is 0.990. The lowest BCUT2D eigenvalue weighted by Crippen LogP contribution is -2.34. The molecule has 0 aromatic heterocycles. The molecule has 1 atom stereocenters. The fourth-order valence-corrected chi connectivity index (χ4v) is 3.02. The van der Waals surface area contributed by atoms with Gasteiger partial charge in [0.1, 0.15) is 6.04 Å². The lowest BCUT2D eigenvalue weighted by Gasteiger charge is -2.17. The van der Waals surface area contributed by atoms with Gasteiger partial charge < -0.3 is 5.32 Å². The third kappa shape index (κ3) is 3.33. The van der Waals surface area contributed by atoms with Crippen molar-refractivity contribution in [3.8, 4) is 0 Å². The maximum atomic E-state index is 12.6. The summed E-state index contributed by atoms with van der Waals surface area (Å²) < 4.78 is 0. The van der Waals surface area contributed by atoms with Crippen LogP contribution in [0.25, 0.3) is 0 Å². The van der Waals surface area contributed by atoms with Gasteiger partial charge in [-0.3, -0.25) is 9.59 Å². The largest absolute Gasteiger partial charge is 0.373 e. The van der Waals surface area contributed by atoms with Crippen molar-refractivity contribution < 1.29 is 9.59 Å². The van der Waals surface area contributed by atoms with Crippen molar-refractivity contribution in [1.29, 1.82) is 0 Å². The average molecular weight is 404 g/mol. The number of nitrogens with one attached hydrogen (secondary N) is 1. The molecule has 1 saturated heterocycles. The van der Waals surface area contributed by atoms with Crippen molar-refractivity contribution in [2.75, 3.05) is 10.2 Å². The van der Waals surface area contributed by atoms with Crippen molar-refractivity contribution in [3.63, 3.8) is 0 Å². The number of hydrogen-bond acceptors (Lipinski definition) is 3. The van der Waals surface area contributed by atoms with Gasteiger partial charge >= 0.3 is 0 Å². The molecule has 8 heteroatoms. The topological polar surface area (TPSA) is 49.4 Å². The van der Waals surface area contributed by atoms with Crippen LogP contribution in [0.3, 0.4) is 0 Å². The predicted molar refractivity (Wildman–Crippen MR) is 97.4 cm³/mol. The highest BCUT2D eigenvalue weighted by Crippen LogP contribution is 2.31. The van der Waals surface area contributed by atoms with E-state index in [9.17, 15) is 9.59 Å². The Morgan fingerprint density at radius 1 is 0.875 bits per heavy atom. The monoisotopic (exact) mass is 402 g/mol. The number of nitrogens with zero attached hydrogens (tertiary/aromatic N) is 1.